The number of alkyl halides is 3. The highest BCUT2D eigenvalue weighted by Gasteiger charge is 2.32. The molecule has 1 heterocycles. The van der Waals surface area contributed by atoms with Crippen LogP contribution in [0.1, 0.15) is 26.6 Å². The van der Waals surface area contributed by atoms with E-state index >= 15 is 0 Å². The average Bonchev–Trinajstić information content (AvgIpc) is 2.28. The highest BCUT2D eigenvalue weighted by atomic mass is 32.1. The minimum atomic E-state index is -4.29. The van der Waals surface area contributed by atoms with Gasteiger partial charge in [-0.25, -0.2) is 0 Å². The molecule has 0 spiro atoms. The quantitative estimate of drug-likeness (QED) is 0.764. The number of nitrogens with one attached hydrogen (secondary N) is 1. The molecule has 0 aliphatic rings. The zero-order valence-electron chi connectivity index (χ0n) is 8.64. The summed E-state index contributed by atoms with van der Waals surface area (Å²) in [6, 6.07) is 0. The summed E-state index contributed by atoms with van der Waals surface area (Å²) in [5.41, 5.74) is -0.473. The van der Waals surface area contributed by atoms with Gasteiger partial charge in [0.25, 0.3) is 0 Å². The number of aromatic nitrogens is 3. The van der Waals surface area contributed by atoms with Crippen LogP contribution in [0.2, 0.25) is 0 Å². The van der Waals surface area contributed by atoms with Gasteiger partial charge in [-0.15, -0.1) is 0 Å². The first kappa shape index (κ1) is 12.2. The number of aromatic amines is 1. The third-order valence-corrected chi connectivity index (χ3v) is 2.08. The highest BCUT2D eigenvalue weighted by molar-refractivity contribution is 7.71. The number of H-pyrrole nitrogens is 1. The standard InChI is InChI=1S/C8H12F3N3S/c1-7(2,3)5-12-13-6(15)14(5)4-8(9,10)11/h4H2,1-3H3,(H,13,15). The molecule has 1 rings (SSSR count). The molecule has 86 valence electrons. The van der Waals surface area contributed by atoms with E-state index in [0.717, 1.165) is 4.57 Å². The van der Waals surface area contributed by atoms with Crippen LogP contribution in [-0.4, -0.2) is 20.9 Å². The molecule has 0 aliphatic heterocycles. The lowest BCUT2D eigenvalue weighted by atomic mass is 9.96. The maximum atomic E-state index is 12.3. The van der Waals surface area contributed by atoms with E-state index in [1.54, 1.807) is 20.8 Å². The molecule has 3 nitrogen and oxygen atoms in total. The molecule has 0 atom stereocenters. The fourth-order valence-electron chi connectivity index (χ4n) is 1.22. The Labute approximate surface area is 90.3 Å². The Hall–Kier alpha value is -0.850. The molecule has 7 heteroatoms. The van der Waals surface area contributed by atoms with Gasteiger partial charge in [-0.05, 0) is 12.2 Å². The smallest absolute Gasteiger partial charge is 0.295 e. The zero-order valence-corrected chi connectivity index (χ0v) is 9.46. The van der Waals surface area contributed by atoms with E-state index in [0.29, 0.717) is 5.82 Å². The third-order valence-electron chi connectivity index (χ3n) is 1.77. The Balaban J connectivity index is 3.17. The van der Waals surface area contributed by atoms with Gasteiger partial charge in [0.05, 0.1) is 0 Å². The molecule has 0 amide bonds. The fraction of sp³-hybridized carbons (Fsp3) is 0.750. The summed E-state index contributed by atoms with van der Waals surface area (Å²) < 4.78 is 37.8. The van der Waals surface area contributed by atoms with Crippen LogP contribution in [0.15, 0.2) is 0 Å². The number of hydrogen-bond donors (Lipinski definition) is 1. The van der Waals surface area contributed by atoms with Gasteiger partial charge in [0, 0.05) is 5.41 Å². The molecule has 0 radical (unpaired) electrons. The van der Waals surface area contributed by atoms with Crippen molar-refractivity contribution in [2.24, 2.45) is 0 Å². The Morgan fingerprint density at radius 1 is 1.33 bits per heavy atom. The number of rotatable bonds is 1. The second-order valence-corrected chi connectivity index (χ2v) is 4.69. The van der Waals surface area contributed by atoms with Gasteiger partial charge in [-0.2, -0.15) is 18.3 Å². The summed E-state index contributed by atoms with van der Waals surface area (Å²) >= 11 is 4.75. The van der Waals surface area contributed by atoms with Crippen LogP contribution in [0.4, 0.5) is 13.2 Å². The van der Waals surface area contributed by atoms with Crippen LogP contribution < -0.4 is 0 Å². The van der Waals surface area contributed by atoms with Crippen molar-refractivity contribution in [2.45, 2.75) is 38.9 Å². The van der Waals surface area contributed by atoms with Crippen LogP contribution in [0, 0.1) is 4.77 Å². The topological polar surface area (TPSA) is 33.6 Å². The summed E-state index contributed by atoms with van der Waals surface area (Å²) in [5, 5.41) is 6.20. The molecule has 0 saturated heterocycles. The van der Waals surface area contributed by atoms with Crippen molar-refractivity contribution in [3.63, 3.8) is 0 Å². The first-order valence-electron chi connectivity index (χ1n) is 4.34. The van der Waals surface area contributed by atoms with Crippen molar-refractivity contribution in [3.05, 3.63) is 10.6 Å². The molecule has 0 bridgehead atoms. The first-order valence-corrected chi connectivity index (χ1v) is 4.74. The predicted molar refractivity (Wildman–Crippen MR) is 52.2 cm³/mol. The maximum Gasteiger partial charge on any atom is 0.406 e. The van der Waals surface area contributed by atoms with Crippen LogP contribution in [0.3, 0.4) is 0 Å². The molecule has 1 N–H and O–H groups in total. The Morgan fingerprint density at radius 3 is 2.27 bits per heavy atom. The number of halogens is 3. The Morgan fingerprint density at radius 2 is 1.87 bits per heavy atom. The predicted octanol–water partition coefficient (Wildman–Crippen LogP) is 2.80. The second kappa shape index (κ2) is 3.62. The van der Waals surface area contributed by atoms with Crippen LogP contribution in [0.25, 0.3) is 0 Å². The molecule has 0 fully saturated rings. The summed E-state index contributed by atoms with van der Waals surface area (Å²) in [5.74, 6) is 0.310. The van der Waals surface area contributed by atoms with Crippen LogP contribution in [0.5, 0.6) is 0 Å². The van der Waals surface area contributed by atoms with Crippen molar-refractivity contribution in [1.29, 1.82) is 0 Å². The molecule has 15 heavy (non-hydrogen) atoms. The Kier molecular flexibility index (Phi) is 2.95. The summed E-state index contributed by atoms with van der Waals surface area (Å²) in [6.45, 7) is 4.25. The van der Waals surface area contributed by atoms with E-state index in [1.807, 2.05) is 0 Å². The van der Waals surface area contributed by atoms with E-state index in [1.165, 1.54) is 0 Å². The number of hydrogen-bond acceptors (Lipinski definition) is 2. The van der Waals surface area contributed by atoms with Crippen molar-refractivity contribution < 1.29 is 13.2 Å². The van der Waals surface area contributed by atoms with E-state index in [9.17, 15) is 13.2 Å². The highest BCUT2D eigenvalue weighted by Crippen LogP contribution is 2.24. The van der Waals surface area contributed by atoms with Gasteiger partial charge in [-0.1, -0.05) is 20.8 Å². The van der Waals surface area contributed by atoms with Gasteiger partial charge in [0.1, 0.15) is 12.4 Å². The van der Waals surface area contributed by atoms with Gasteiger partial charge in [-0.3, -0.25) is 9.67 Å². The third kappa shape index (κ3) is 3.05. The van der Waals surface area contributed by atoms with E-state index in [-0.39, 0.29) is 4.77 Å². The van der Waals surface area contributed by atoms with Gasteiger partial charge in [0.2, 0.25) is 0 Å². The van der Waals surface area contributed by atoms with Crippen molar-refractivity contribution in [2.75, 3.05) is 0 Å². The van der Waals surface area contributed by atoms with Crippen molar-refractivity contribution >= 4 is 12.2 Å². The van der Waals surface area contributed by atoms with Crippen LogP contribution in [-0.2, 0) is 12.0 Å². The lowest BCUT2D eigenvalue weighted by Gasteiger charge is -2.19. The first-order chi connectivity index (χ1) is 6.61. The summed E-state index contributed by atoms with van der Waals surface area (Å²) in [4.78, 5) is 0. The fourth-order valence-corrected chi connectivity index (χ4v) is 1.41. The molecule has 0 saturated carbocycles. The van der Waals surface area contributed by atoms with E-state index < -0.39 is 18.1 Å². The van der Waals surface area contributed by atoms with E-state index in [4.69, 9.17) is 12.2 Å². The number of nitrogens with zero attached hydrogens (tertiary/aromatic N) is 2. The average molecular weight is 239 g/mol. The monoisotopic (exact) mass is 239 g/mol. The molecular formula is C8H12F3N3S. The maximum absolute atomic E-state index is 12.3. The largest absolute Gasteiger partial charge is 0.406 e. The lowest BCUT2D eigenvalue weighted by molar-refractivity contribution is -0.141. The summed E-state index contributed by atoms with van der Waals surface area (Å²) in [6.07, 6.45) is -4.29. The van der Waals surface area contributed by atoms with E-state index in [2.05, 4.69) is 10.2 Å². The molecule has 0 aliphatic carbocycles. The SMILES string of the molecule is CC(C)(C)c1n[nH]c(=S)n1CC(F)(F)F. The van der Waals surface area contributed by atoms with Crippen LogP contribution >= 0.6 is 12.2 Å². The van der Waals surface area contributed by atoms with Crippen molar-refractivity contribution in [1.82, 2.24) is 14.8 Å². The van der Waals surface area contributed by atoms with Crippen molar-refractivity contribution in [3.8, 4) is 0 Å². The van der Waals surface area contributed by atoms with Gasteiger partial charge >= 0.3 is 6.18 Å². The molecule has 1 aromatic rings. The normalized spacial score (nSPS) is 13.2. The summed E-state index contributed by atoms with van der Waals surface area (Å²) in [7, 11) is 0. The lowest BCUT2D eigenvalue weighted by Crippen LogP contribution is -2.25. The molecule has 0 aromatic carbocycles. The minimum absolute atomic E-state index is 0.00255. The van der Waals surface area contributed by atoms with Gasteiger partial charge in [0.15, 0.2) is 4.77 Å². The zero-order chi connectivity index (χ0) is 11.9. The van der Waals surface area contributed by atoms with Gasteiger partial charge < -0.3 is 0 Å². The Bertz CT molecular complexity index is 396. The second-order valence-electron chi connectivity index (χ2n) is 4.30. The molecule has 1 aromatic heterocycles. The molecule has 0 unspecified atom stereocenters. The minimum Gasteiger partial charge on any atom is -0.295 e. The molecular weight excluding hydrogens is 227 g/mol.